The maximum Gasteiger partial charge on any atom is 0.307 e. The summed E-state index contributed by atoms with van der Waals surface area (Å²) in [4.78, 5) is 27.4. The Hall–Kier alpha value is -3.95. The summed E-state index contributed by atoms with van der Waals surface area (Å²) in [5, 5.41) is 14.2. The van der Waals surface area contributed by atoms with Crippen LogP contribution in [0.3, 0.4) is 0 Å². The van der Waals surface area contributed by atoms with E-state index in [1.807, 2.05) is 42.6 Å². The first-order valence-corrected chi connectivity index (χ1v) is 11.7. The fourth-order valence-electron chi connectivity index (χ4n) is 4.37. The van der Waals surface area contributed by atoms with Gasteiger partial charge in [-0.3, -0.25) is 4.79 Å². The number of hydrogen-bond donors (Lipinski definition) is 3. The van der Waals surface area contributed by atoms with Crippen LogP contribution in [0.25, 0.3) is 43.4 Å². The van der Waals surface area contributed by atoms with Crippen molar-refractivity contribution in [3.8, 4) is 11.3 Å². The smallest absolute Gasteiger partial charge is 0.307 e. The van der Waals surface area contributed by atoms with Gasteiger partial charge in [0, 0.05) is 38.9 Å². The van der Waals surface area contributed by atoms with Gasteiger partial charge in [-0.05, 0) is 46.2 Å². The minimum Gasteiger partial charge on any atom is -0.481 e. The maximum absolute atomic E-state index is 11.5. The molecular formula is C24H17ClN6O2S. The molecule has 0 bridgehead atoms. The number of halogens is 1. The first-order valence-electron chi connectivity index (χ1n) is 10.4. The average Bonchev–Trinajstić information content (AvgIpc) is 3.51. The van der Waals surface area contributed by atoms with Crippen molar-refractivity contribution in [2.75, 3.05) is 5.73 Å². The highest BCUT2D eigenvalue weighted by atomic mass is 35.5. The number of H-pyrrole nitrogens is 1. The molecule has 10 heteroatoms. The molecule has 8 nitrogen and oxygen atoms in total. The van der Waals surface area contributed by atoms with Crippen LogP contribution in [0.4, 0.5) is 5.95 Å². The van der Waals surface area contributed by atoms with Crippen LogP contribution >= 0.6 is 22.9 Å². The van der Waals surface area contributed by atoms with Crippen molar-refractivity contribution in [2.24, 2.45) is 0 Å². The number of carboxylic acids is 1. The van der Waals surface area contributed by atoms with E-state index in [9.17, 15) is 9.90 Å². The molecule has 0 aliphatic carbocycles. The van der Waals surface area contributed by atoms with Crippen LogP contribution in [-0.4, -0.2) is 35.6 Å². The predicted molar refractivity (Wildman–Crippen MR) is 134 cm³/mol. The number of thiophene rings is 1. The lowest BCUT2D eigenvalue weighted by Gasteiger charge is -2.08. The quantitative estimate of drug-likeness (QED) is 0.310. The highest BCUT2D eigenvalue weighted by Crippen LogP contribution is 2.33. The molecule has 0 saturated heterocycles. The number of aromatic nitrogens is 5. The summed E-state index contributed by atoms with van der Waals surface area (Å²) in [5.41, 5.74) is 11.3. The molecular weight excluding hydrogens is 472 g/mol. The molecule has 6 rings (SSSR count). The molecule has 0 amide bonds. The Morgan fingerprint density at radius 3 is 2.88 bits per heavy atom. The molecule has 0 unspecified atom stereocenters. The number of aliphatic carboxylic acids is 1. The standard InChI is InChI=1S/C24H17ClN6O2S/c25-15-2-4-19-17(7-15)14(10-34-19)9-31-8-13(6-20(32)33)16-3-1-12(5-18(16)31)21-22-23(28-11-27-22)30-24(26)29-21/h1-5,7-8,10-11H,6,9H2,(H,32,33)(H3,26,27,28,29,30). The summed E-state index contributed by atoms with van der Waals surface area (Å²) in [7, 11) is 0. The Labute approximate surface area is 201 Å². The van der Waals surface area contributed by atoms with Gasteiger partial charge in [0.25, 0.3) is 0 Å². The van der Waals surface area contributed by atoms with Crippen molar-refractivity contribution in [1.29, 1.82) is 0 Å². The van der Waals surface area contributed by atoms with Crippen molar-refractivity contribution < 1.29 is 9.90 Å². The zero-order valence-corrected chi connectivity index (χ0v) is 19.2. The Kier molecular flexibility index (Phi) is 4.75. The first kappa shape index (κ1) is 20.6. The van der Waals surface area contributed by atoms with Gasteiger partial charge in [0.1, 0.15) is 11.2 Å². The summed E-state index contributed by atoms with van der Waals surface area (Å²) in [6.07, 6.45) is 3.41. The normalized spacial score (nSPS) is 11.7. The lowest BCUT2D eigenvalue weighted by Crippen LogP contribution is -2.00. The molecule has 0 spiro atoms. The van der Waals surface area contributed by atoms with Crippen molar-refractivity contribution in [3.63, 3.8) is 0 Å². The summed E-state index contributed by atoms with van der Waals surface area (Å²) in [6, 6.07) is 11.7. The molecule has 168 valence electrons. The third-order valence-corrected chi connectivity index (χ3v) is 7.09. The first-order chi connectivity index (χ1) is 16.5. The van der Waals surface area contributed by atoms with E-state index < -0.39 is 5.97 Å². The van der Waals surface area contributed by atoms with E-state index in [0.717, 1.165) is 37.7 Å². The molecule has 34 heavy (non-hydrogen) atoms. The van der Waals surface area contributed by atoms with E-state index >= 15 is 0 Å². The molecule has 0 atom stereocenters. The van der Waals surface area contributed by atoms with Crippen LogP contribution < -0.4 is 5.73 Å². The molecule has 0 aliphatic heterocycles. The van der Waals surface area contributed by atoms with Gasteiger partial charge in [0.15, 0.2) is 5.65 Å². The number of nitrogens with one attached hydrogen (secondary N) is 1. The van der Waals surface area contributed by atoms with Crippen LogP contribution in [0.15, 0.2) is 54.3 Å². The Bertz CT molecular complexity index is 1730. The Morgan fingerprint density at radius 1 is 1.15 bits per heavy atom. The number of nitrogens with two attached hydrogens (primary N) is 1. The highest BCUT2D eigenvalue weighted by Gasteiger charge is 2.17. The lowest BCUT2D eigenvalue weighted by molar-refractivity contribution is -0.136. The summed E-state index contributed by atoms with van der Waals surface area (Å²) in [5.74, 6) is -0.739. The van der Waals surface area contributed by atoms with Gasteiger partial charge < -0.3 is 20.4 Å². The fourth-order valence-corrected chi connectivity index (χ4v) is 5.48. The number of anilines is 1. The van der Waals surface area contributed by atoms with Crippen LogP contribution in [0.1, 0.15) is 11.1 Å². The van der Waals surface area contributed by atoms with Gasteiger partial charge >= 0.3 is 5.97 Å². The molecule has 4 N–H and O–H groups in total. The van der Waals surface area contributed by atoms with E-state index in [0.29, 0.717) is 28.4 Å². The molecule has 0 radical (unpaired) electrons. The van der Waals surface area contributed by atoms with Crippen LogP contribution in [0.5, 0.6) is 0 Å². The second-order valence-electron chi connectivity index (χ2n) is 8.02. The Balaban J connectivity index is 1.53. The third kappa shape index (κ3) is 3.46. The minimum absolute atomic E-state index is 0.0652. The molecule has 4 heterocycles. The van der Waals surface area contributed by atoms with Crippen LogP contribution in [-0.2, 0) is 17.8 Å². The van der Waals surface area contributed by atoms with E-state index in [1.54, 1.807) is 17.7 Å². The number of carboxylic acid groups (broad SMARTS) is 1. The minimum atomic E-state index is -0.876. The average molecular weight is 489 g/mol. The number of carbonyl (C=O) groups is 1. The fraction of sp³-hybridized carbons (Fsp3) is 0.0833. The highest BCUT2D eigenvalue weighted by molar-refractivity contribution is 7.17. The zero-order chi connectivity index (χ0) is 23.4. The number of nitrogen functional groups attached to an aromatic ring is 1. The molecule has 0 saturated carbocycles. The summed E-state index contributed by atoms with van der Waals surface area (Å²) >= 11 is 7.91. The van der Waals surface area contributed by atoms with E-state index in [-0.39, 0.29) is 12.4 Å². The number of aromatic amines is 1. The van der Waals surface area contributed by atoms with Gasteiger partial charge in [-0.2, -0.15) is 4.98 Å². The molecule has 4 aromatic heterocycles. The van der Waals surface area contributed by atoms with E-state index in [1.165, 1.54) is 0 Å². The van der Waals surface area contributed by atoms with Gasteiger partial charge in [-0.25, -0.2) is 9.97 Å². The van der Waals surface area contributed by atoms with Crippen molar-refractivity contribution in [2.45, 2.75) is 13.0 Å². The summed E-state index contributed by atoms with van der Waals surface area (Å²) in [6.45, 7) is 0.575. The molecule has 2 aromatic carbocycles. The van der Waals surface area contributed by atoms with E-state index in [4.69, 9.17) is 17.3 Å². The number of benzene rings is 2. The van der Waals surface area contributed by atoms with Gasteiger partial charge in [0.2, 0.25) is 5.95 Å². The number of fused-ring (bicyclic) bond motifs is 3. The maximum atomic E-state index is 11.5. The van der Waals surface area contributed by atoms with Crippen LogP contribution in [0, 0.1) is 0 Å². The van der Waals surface area contributed by atoms with E-state index in [2.05, 4.69) is 29.9 Å². The number of hydrogen-bond acceptors (Lipinski definition) is 6. The largest absolute Gasteiger partial charge is 0.481 e. The zero-order valence-electron chi connectivity index (χ0n) is 17.6. The number of nitrogens with zero attached hydrogens (tertiary/aromatic N) is 4. The van der Waals surface area contributed by atoms with Gasteiger partial charge in [-0.1, -0.05) is 23.7 Å². The molecule has 0 aliphatic rings. The second kappa shape index (κ2) is 7.82. The van der Waals surface area contributed by atoms with Gasteiger partial charge in [-0.15, -0.1) is 11.3 Å². The Morgan fingerprint density at radius 2 is 2.03 bits per heavy atom. The lowest BCUT2D eigenvalue weighted by atomic mass is 10.1. The van der Waals surface area contributed by atoms with Crippen molar-refractivity contribution in [3.05, 3.63) is 70.5 Å². The number of imidazole rings is 1. The monoisotopic (exact) mass is 488 g/mol. The predicted octanol–water partition coefficient (Wildman–Crippen LogP) is 5.10. The van der Waals surface area contributed by atoms with Crippen molar-refractivity contribution >= 4 is 67.0 Å². The SMILES string of the molecule is Nc1nc(-c2ccc3c(CC(=O)O)cn(Cc4csc5ccc(Cl)cc45)c3c2)c2[nH]cnc2n1. The summed E-state index contributed by atoms with van der Waals surface area (Å²) < 4.78 is 3.23. The van der Waals surface area contributed by atoms with Crippen molar-refractivity contribution in [1.82, 2.24) is 24.5 Å². The van der Waals surface area contributed by atoms with Crippen LogP contribution in [0.2, 0.25) is 5.02 Å². The van der Waals surface area contributed by atoms with Gasteiger partial charge in [0.05, 0.1) is 12.7 Å². The molecule has 6 aromatic rings. The third-order valence-electron chi connectivity index (χ3n) is 5.84. The molecule has 0 fully saturated rings. The second-order valence-corrected chi connectivity index (χ2v) is 9.37. The topological polar surface area (TPSA) is 123 Å². The number of rotatable bonds is 5.